The van der Waals surface area contributed by atoms with Crippen molar-refractivity contribution in [2.45, 2.75) is 31.9 Å². The molecule has 3 N–H and O–H groups in total. The Labute approximate surface area is 148 Å². The van der Waals surface area contributed by atoms with Gasteiger partial charge in [0.25, 0.3) is 0 Å². The molecular formula is C19H26N2O4. The predicted octanol–water partition coefficient (Wildman–Crippen LogP) is 2.23. The Morgan fingerprint density at radius 2 is 2.04 bits per heavy atom. The highest BCUT2D eigenvalue weighted by atomic mass is 16.6. The molecule has 6 heteroatoms. The van der Waals surface area contributed by atoms with Crippen LogP contribution in [0.5, 0.6) is 0 Å². The monoisotopic (exact) mass is 346 g/mol. The third kappa shape index (κ3) is 8.17. The van der Waals surface area contributed by atoms with E-state index in [1.54, 1.807) is 42.6 Å². The first kappa shape index (κ1) is 20.4. The first-order chi connectivity index (χ1) is 12.1. The lowest BCUT2D eigenvalue weighted by Crippen LogP contribution is -2.27. The number of nitrogens with two attached hydrogens (primary N) is 1. The molecule has 0 aliphatic rings. The normalized spacial score (nSPS) is 13.0. The van der Waals surface area contributed by atoms with Gasteiger partial charge in [-0.1, -0.05) is 49.8 Å². The summed E-state index contributed by atoms with van der Waals surface area (Å²) in [4.78, 5) is 24.2. The molecule has 6 nitrogen and oxygen atoms in total. The summed E-state index contributed by atoms with van der Waals surface area (Å²) in [5.74, 6) is -1.14. The highest BCUT2D eigenvalue weighted by Gasteiger charge is 2.26. The van der Waals surface area contributed by atoms with Crippen LogP contribution in [0.2, 0.25) is 0 Å². The molecule has 0 spiro atoms. The molecule has 0 fully saturated rings. The second kappa shape index (κ2) is 11.9. The Balaban J connectivity index is 2.63. The maximum absolute atomic E-state index is 12.3. The van der Waals surface area contributed by atoms with E-state index in [4.69, 9.17) is 15.2 Å². The third-order valence-corrected chi connectivity index (χ3v) is 3.26. The number of rotatable bonds is 11. The van der Waals surface area contributed by atoms with Gasteiger partial charge in [0.05, 0.1) is 6.61 Å². The molecule has 0 aliphatic carbocycles. The zero-order valence-corrected chi connectivity index (χ0v) is 14.5. The second-order valence-electron chi connectivity index (χ2n) is 5.35. The van der Waals surface area contributed by atoms with Crippen molar-refractivity contribution in [3.63, 3.8) is 0 Å². The fraction of sp³-hybridized carbons (Fsp3) is 0.368. The van der Waals surface area contributed by atoms with Crippen LogP contribution in [0.4, 0.5) is 0 Å². The van der Waals surface area contributed by atoms with Crippen molar-refractivity contribution >= 4 is 11.9 Å². The number of carbonyl (C=O) groups is 2. The number of carbonyl (C=O) groups excluding carboxylic acids is 2. The minimum absolute atomic E-state index is 0.0913. The number of nitrogens with one attached hydrogen (secondary N) is 1. The van der Waals surface area contributed by atoms with Gasteiger partial charge in [0.2, 0.25) is 6.10 Å². The molecule has 1 rings (SSSR count). The molecular weight excluding hydrogens is 320 g/mol. The van der Waals surface area contributed by atoms with Gasteiger partial charge in [-0.25, -0.2) is 4.79 Å². The lowest BCUT2D eigenvalue weighted by atomic mass is 10.1. The van der Waals surface area contributed by atoms with Crippen molar-refractivity contribution in [1.82, 2.24) is 5.32 Å². The van der Waals surface area contributed by atoms with Crippen LogP contribution < -0.4 is 11.1 Å². The number of ether oxygens (including phenoxy) is 2. The van der Waals surface area contributed by atoms with Crippen molar-refractivity contribution in [3.05, 3.63) is 60.8 Å². The smallest absolute Gasteiger partial charge is 0.352 e. The Morgan fingerprint density at radius 1 is 1.32 bits per heavy atom. The summed E-state index contributed by atoms with van der Waals surface area (Å²) in [6, 6.07) is 8.50. The van der Waals surface area contributed by atoms with E-state index < -0.39 is 18.0 Å². The minimum Gasteiger partial charge on any atom is -0.463 e. The molecule has 2 atom stereocenters. The van der Waals surface area contributed by atoms with E-state index >= 15 is 0 Å². The van der Waals surface area contributed by atoms with Crippen molar-refractivity contribution < 1.29 is 19.1 Å². The van der Waals surface area contributed by atoms with Crippen LogP contribution in [0.3, 0.4) is 0 Å². The molecule has 0 aromatic heterocycles. The van der Waals surface area contributed by atoms with Crippen LogP contribution in [0.25, 0.3) is 0 Å². The molecule has 1 aromatic carbocycles. The van der Waals surface area contributed by atoms with Crippen molar-refractivity contribution in [1.29, 1.82) is 0 Å². The van der Waals surface area contributed by atoms with E-state index in [-0.39, 0.29) is 12.6 Å². The van der Waals surface area contributed by atoms with Crippen LogP contribution in [0.15, 0.2) is 55.3 Å². The summed E-state index contributed by atoms with van der Waals surface area (Å²) in [7, 11) is 0. The molecule has 136 valence electrons. The van der Waals surface area contributed by atoms with Crippen LogP contribution >= 0.6 is 0 Å². The minimum atomic E-state index is -1.08. The van der Waals surface area contributed by atoms with Gasteiger partial charge < -0.3 is 20.5 Å². The second-order valence-corrected chi connectivity index (χ2v) is 5.35. The lowest BCUT2D eigenvalue weighted by molar-refractivity contribution is -0.168. The molecule has 2 unspecified atom stereocenters. The van der Waals surface area contributed by atoms with Gasteiger partial charge >= 0.3 is 11.9 Å². The molecule has 0 saturated heterocycles. The summed E-state index contributed by atoms with van der Waals surface area (Å²) in [6.07, 6.45) is 5.35. The molecule has 0 bridgehead atoms. The summed E-state index contributed by atoms with van der Waals surface area (Å²) in [5.41, 5.74) is 6.19. The van der Waals surface area contributed by atoms with Gasteiger partial charge in [-0.15, -0.1) is 6.58 Å². The van der Waals surface area contributed by atoms with Crippen molar-refractivity contribution in [2.24, 2.45) is 5.73 Å². The molecule has 0 saturated carbocycles. The van der Waals surface area contributed by atoms with Crippen LogP contribution in [-0.2, 0) is 19.1 Å². The number of unbranched alkanes of at least 4 members (excludes halogenated alkanes) is 1. The number of benzene rings is 1. The summed E-state index contributed by atoms with van der Waals surface area (Å²) < 4.78 is 10.5. The van der Waals surface area contributed by atoms with E-state index in [0.29, 0.717) is 12.2 Å². The van der Waals surface area contributed by atoms with E-state index in [1.807, 2.05) is 13.0 Å². The zero-order valence-electron chi connectivity index (χ0n) is 14.5. The maximum Gasteiger partial charge on any atom is 0.352 e. The fourth-order valence-electron chi connectivity index (χ4n) is 1.85. The quantitative estimate of drug-likeness (QED) is 0.363. The SMILES string of the molecule is C=CC(N)/C=C\NCC(=O)OC(C(=O)OCCCC)c1ccccc1. The van der Waals surface area contributed by atoms with Crippen LogP contribution in [0, 0.1) is 0 Å². The van der Waals surface area contributed by atoms with Gasteiger partial charge in [-0.2, -0.15) is 0 Å². The standard InChI is InChI=1S/C19H26N2O4/c1-3-5-13-24-19(23)18(15-9-7-6-8-10-15)25-17(22)14-21-12-11-16(20)4-2/h4,6-12,16,18,21H,2-3,5,13-14,20H2,1H3/b12-11-. The van der Waals surface area contributed by atoms with Gasteiger partial charge in [0.15, 0.2) is 0 Å². The highest BCUT2D eigenvalue weighted by molar-refractivity contribution is 5.81. The molecule has 0 aliphatic heterocycles. The van der Waals surface area contributed by atoms with E-state index in [1.165, 1.54) is 0 Å². The number of hydrogen-bond donors (Lipinski definition) is 2. The predicted molar refractivity (Wildman–Crippen MR) is 96.5 cm³/mol. The van der Waals surface area contributed by atoms with Gasteiger partial charge in [-0.05, 0) is 18.7 Å². The Morgan fingerprint density at radius 3 is 2.68 bits per heavy atom. The molecule has 0 amide bonds. The summed E-state index contributed by atoms with van der Waals surface area (Å²) >= 11 is 0. The van der Waals surface area contributed by atoms with Crippen LogP contribution in [-0.4, -0.2) is 31.1 Å². The molecule has 0 heterocycles. The third-order valence-electron chi connectivity index (χ3n) is 3.26. The number of hydrogen-bond acceptors (Lipinski definition) is 6. The van der Waals surface area contributed by atoms with Gasteiger partial charge in [0.1, 0.15) is 6.54 Å². The average Bonchev–Trinajstić information content (AvgIpc) is 2.63. The number of esters is 2. The fourth-order valence-corrected chi connectivity index (χ4v) is 1.85. The largest absolute Gasteiger partial charge is 0.463 e. The summed E-state index contributed by atoms with van der Waals surface area (Å²) in [6.45, 7) is 5.76. The van der Waals surface area contributed by atoms with Gasteiger partial charge in [-0.3, -0.25) is 4.79 Å². The van der Waals surface area contributed by atoms with E-state index in [9.17, 15) is 9.59 Å². The van der Waals surface area contributed by atoms with E-state index in [0.717, 1.165) is 12.8 Å². The van der Waals surface area contributed by atoms with E-state index in [2.05, 4.69) is 11.9 Å². The van der Waals surface area contributed by atoms with Gasteiger partial charge in [0, 0.05) is 11.6 Å². The molecule has 25 heavy (non-hydrogen) atoms. The van der Waals surface area contributed by atoms with Crippen molar-refractivity contribution in [3.8, 4) is 0 Å². The first-order valence-electron chi connectivity index (χ1n) is 8.27. The van der Waals surface area contributed by atoms with Crippen LogP contribution in [0.1, 0.15) is 31.4 Å². The Hall–Kier alpha value is -2.60. The summed E-state index contributed by atoms with van der Waals surface area (Å²) in [5, 5.41) is 2.76. The lowest BCUT2D eigenvalue weighted by Gasteiger charge is -2.17. The zero-order chi connectivity index (χ0) is 18.5. The maximum atomic E-state index is 12.3. The molecule has 1 aromatic rings. The highest BCUT2D eigenvalue weighted by Crippen LogP contribution is 2.19. The Kier molecular flexibility index (Phi) is 9.70. The molecule has 0 radical (unpaired) electrons. The Bertz CT molecular complexity index is 572. The first-order valence-corrected chi connectivity index (χ1v) is 8.27. The van der Waals surface area contributed by atoms with Crippen molar-refractivity contribution in [2.75, 3.05) is 13.2 Å². The topological polar surface area (TPSA) is 90.6 Å². The average molecular weight is 346 g/mol.